The van der Waals surface area contributed by atoms with Crippen LogP contribution in [0.1, 0.15) is 54.2 Å². The molecule has 4 heterocycles. The third-order valence-corrected chi connectivity index (χ3v) is 13.4. The standard InChI is InChI=1S/C63H50N5O.Pt/c1-41-35-42(2)59(43(3)36-41)66-40-65(60(44-21-10-7-11-22-44)61(66)45-23-12-8-13-24-45)48-27-20-28-49(38-48)69-55-39-54-57(58-51-30-17-18-31-52(51)67(62(55)58)47-25-14-9-15-26-47)50-29-16-19-32-53(50)68(54)56-37-46(33-34-64-56)63(4,5)6;/h7-37,40H,1-6H3;/q-3;. The van der Waals surface area contributed by atoms with Crippen LogP contribution in [0, 0.1) is 39.6 Å². The van der Waals surface area contributed by atoms with Gasteiger partial charge in [-0.15, -0.1) is 36.6 Å². The van der Waals surface area contributed by atoms with Gasteiger partial charge in [0, 0.05) is 72.6 Å². The van der Waals surface area contributed by atoms with Gasteiger partial charge in [0.25, 0.3) is 0 Å². The molecule has 7 heteroatoms. The minimum absolute atomic E-state index is 0. The average molecular weight is 1090 g/mol. The zero-order chi connectivity index (χ0) is 47.0. The molecule has 0 fully saturated rings. The van der Waals surface area contributed by atoms with Gasteiger partial charge < -0.3 is 23.7 Å². The van der Waals surface area contributed by atoms with Crippen LogP contribution in [0.5, 0.6) is 11.5 Å². The summed E-state index contributed by atoms with van der Waals surface area (Å²) in [6.07, 6.45) is 1.92. The van der Waals surface area contributed by atoms with Crippen molar-refractivity contribution in [2.45, 2.75) is 47.0 Å². The summed E-state index contributed by atoms with van der Waals surface area (Å²) in [5, 5.41) is 4.43. The van der Waals surface area contributed by atoms with Gasteiger partial charge in [0.15, 0.2) is 0 Å². The summed E-state index contributed by atoms with van der Waals surface area (Å²) in [6.45, 7) is 15.5. The van der Waals surface area contributed by atoms with Crippen LogP contribution in [0.15, 0.2) is 188 Å². The SMILES string of the molecule is Cc1cc(C)c(N2[CH-]N(c3[c-]c(Oc4[c-]c5c(c6ccccc6n5-c5cc(C(C)(C)C)ccn5)c5c6ccccc6n(-c6ccccc6)c45)ccc3)C(c3ccccc3)=C2c2ccccc2)c(C)c1.[Pt]. The average Bonchev–Trinajstić information content (AvgIpc) is 4.03. The Morgan fingerprint density at radius 3 is 1.77 bits per heavy atom. The molecule has 0 spiro atoms. The Hall–Kier alpha value is -7.66. The number of rotatable bonds is 8. The van der Waals surface area contributed by atoms with E-state index in [0.717, 1.165) is 89.0 Å². The third-order valence-electron chi connectivity index (χ3n) is 13.4. The van der Waals surface area contributed by atoms with Crippen LogP contribution < -0.4 is 14.5 Å². The summed E-state index contributed by atoms with van der Waals surface area (Å²) < 4.78 is 11.9. The number of hydrogen-bond acceptors (Lipinski definition) is 4. The molecule has 11 aromatic rings. The number of benzene rings is 8. The largest absolute Gasteiger partial charge is 0.507 e. The zero-order valence-electron chi connectivity index (χ0n) is 39.9. The van der Waals surface area contributed by atoms with E-state index < -0.39 is 0 Å². The molecular weight excluding hydrogens is 1040 g/mol. The molecule has 70 heavy (non-hydrogen) atoms. The van der Waals surface area contributed by atoms with Gasteiger partial charge in [0.1, 0.15) is 5.82 Å². The predicted octanol–water partition coefficient (Wildman–Crippen LogP) is 15.9. The van der Waals surface area contributed by atoms with E-state index >= 15 is 0 Å². The molecule has 1 aliphatic heterocycles. The fourth-order valence-corrected chi connectivity index (χ4v) is 10.5. The van der Waals surface area contributed by atoms with Crippen LogP contribution in [-0.4, -0.2) is 14.1 Å². The Labute approximate surface area is 424 Å². The molecule has 8 aromatic carbocycles. The summed E-state index contributed by atoms with van der Waals surface area (Å²) in [7, 11) is 0. The maximum atomic E-state index is 7.34. The van der Waals surface area contributed by atoms with E-state index in [-0.39, 0.29) is 26.5 Å². The van der Waals surface area contributed by atoms with Crippen molar-refractivity contribution in [1.29, 1.82) is 0 Å². The minimum atomic E-state index is -0.0787. The molecule has 346 valence electrons. The van der Waals surface area contributed by atoms with Crippen LogP contribution in [0.4, 0.5) is 11.4 Å². The number of anilines is 2. The Morgan fingerprint density at radius 1 is 0.557 bits per heavy atom. The smallest absolute Gasteiger partial charge is 0.135 e. The van der Waals surface area contributed by atoms with Crippen molar-refractivity contribution in [3.05, 3.63) is 240 Å². The second-order valence-electron chi connectivity index (χ2n) is 19.1. The van der Waals surface area contributed by atoms with Crippen LogP contribution in [0.2, 0.25) is 0 Å². The van der Waals surface area contributed by atoms with Crippen molar-refractivity contribution in [3.63, 3.8) is 0 Å². The molecule has 12 rings (SSSR count). The van der Waals surface area contributed by atoms with Crippen molar-refractivity contribution in [2.75, 3.05) is 9.80 Å². The van der Waals surface area contributed by atoms with Crippen molar-refractivity contribution < 1.29 is 25.8 Å². The molecule has 0 radical (unpaired) electrons. The zero-order valence-corrected chi connectivity index (χ0v) is 42.2. The number of hydrogen-bond donors (Lipinski definition) is 0. The molecule has 1 aliphatic rings. The molecule has 6 nitrogen and oxygen atoms in total. The normalized spacial score (nSPS) is 13.0. The maximum Gasteiger partial charge on any atom is 0.135 e. The molecular formula is C63H50N5OPt-3. The Morgan fingerprint density at radius 2 is 1.13 bits per heavy atom. The number of para-hydroxylation sites is 3. The van der Waals surface area contributed by atoms with Gasteiger partial charge in [-0.3, -0.25) is 0 Å². The molecule has 0 atom stereocenters. The summed E-state index contributed by atoms with van der Waals surface area (Å²) in [6, 6.07) is 72.0. The number of aromatic nitrogens is 3. The second-order valence-corrected chi connectivity index (χ2v) is 19.1. The Balaban J connectivity index is 0.00000533. The first-order valence-corrected chi connectivity index (χ1v) is 23.6. The summed E-state index contributed by atoms with van der Waals surface area (Å²) in [4.78, 5) is 9.65. The van der Waals surface area contributed by atoms with Crippen molar-refractivity contribution in [3.8, 4) is 23.0 Å². The first-order valence-electron chi connectivity index (χ1n) is 23.6. The first-order chi connectivity index (χ1) is 33.6. The molecule has 0 N–H and O–H groups in total. The molecule has 0 saturated carbocycles. The number of aryl methyl sites for hydroxylation is 3. The van der Waals surface area contributed by atoms with Crippen molar-refractivity contribution in [2.24, 2.45) is 0 Å². The Bertz CT molecular complexity index is 3790. The van der Waals surface area contributed by atoms with Crippen LogP contribution in [-0.2, 0) is 26.5 Å². The molecule has 0 amide bonds. The predicted molar refractivity (Wildman–Crippen MR) is 285 cm³/mol. The van der Waals surface area contributed by atoms with Crippen molar-refractivity contribution in [1.82, 2.24) is 14.1 Å². The fourth-order valence-electron chi connectivity index (χ4n) is 10.5. The van der Waals surface area contributed by atoms with Crippen molar-refractivity contribution >= 4 is 66.4 Å². The fraction of sp³-hybridized carbons (Fsp3) is 0.111. The summed E-state index contributed by atoms with van der Waals surface area (Å²) in [5.74, 6) is 1.98. The summed E-state index contributed by atoms with van der Waals surface area (Å²) >= 11 is 0. The second kappa shape index (κ2) is 17.7. The van der Waals surface area contributed by atoms with E-state index in [9.17, 15) is 0 Å². The van der Waals surface area contributed by atoms with Crippen LogP contribution >= 0.6 is 0 Å². The minimum Gasteiger partial charge on any atom is -0.507 e. The quantitative estimate of drug-likeness (QED) is 0.142. The number of fused-ring (bicyclic) bond motifs is 7. The van der Waals surface area contributed by atoms with E-state index in [0.29, 0.717) is 11.5 Å². The molecule has 0 unspecified atom stereocenters. The van der Waals surface area contributed by atoms with E-state index in [1.165, 1.54) is 22.3 Å². The van der Waals surface area contributed by atoms with Gasteiger partial charge in [-0.05, 0) is 107 Å². The van der Waals surface area contributed by atoms with E-state index in [1.807, 2.05) is 12.3 Å². The Kier molecular flexibility index (Phi) is 11.3. The van der Waals surface area contributed by atoms with Crippen LogP contribution in [0.3, 0.4) is 0 Å². The van der Waals surface area contributed by atoms with Crippen LogP contribution in [0.25, 0.3) is 66.5 Å². The van der Waals surface area contributed by atoms with E-state index in [4.69, 9.17) is 9.72 Å². The molecule has 0 saturated heterocycles. The van der Waals surface area contributed by atoms with E-state index in [1.54, 1.807) is 0 Å². The number of ether oxygens (including phenoxy) is 1. The van der Waals surface area contributed by atoms with Gasteiger partial charge >= 0.3 is 0 Å². The topological polar surface area (TPSA) is 38.5 Å². The van der Waals surface area contributed by atoms with Gasteiger partial charge in [0.2, 0.25) is 0 Å². The first kappa shape index (κ1) is 44.8. The van der Waals surface area contributed by atoms with Gasteiger partial charge in [-0.1, -0.05) is 170 Å². The van der Waals surface area contributed by atoms with Gasteiger partial charge in [0.05, 0.1) is 0 Å². The van der Waals surface area contributed by atoms with Gasteiger partial charge in [-0.25, -0.2) is 4.98 Å². The third kappa shape index (κ3) is 7.50. The monoisotopic (exact) mass is 1090 g/mol. The maximum absolute atomic E-state index is 7.34. The molecule has 0 aliphatic carbocycles. The number of nitrogens with zero attached hydrogens (tertiary/aromatic N) is 5. The number of pyridine rings is 1. The molecule has 3 aromatic heterocycles. The van der Waals surface area contributed by atoms with Gasteiger partial charge in [-0.2, -0.15) is 6.07 Å². The van der Waals surface area contributed by atoms with E-state index in [2.05, 4.69) is 255 Å². The summed E-state index contributed by atoms with van der Waals surface area (Å²) in [5.41, 5.74) is 16.0. The molecule has 0 bridgehead atoms.